The predicted molar refractivity (Wildman–Crippen MR) is 111 cm³/mol. The smallest absolute Gasteiger partial charge is 0.275 e. The Bertz CT molecular complexity index is 1040. The summed E-state index contributed by atoms with van der Waals surface area (Å²) in [6.45, 7) is 1.29. The van der Waals surface area contributed by atoms with Gasteiger partial charge in [0.15, 0.2) is 11.5 Å². The number of methoxy groups -OCH3 is 3. The van der Waals surface area contributed by atoms with Crippen molar-refractivity contribution in [3.8, 4) is 17.2 Å². The van der Waals surface area contributed by atoms with Gasteiger partial charge < -0.3 is 34.1 Å². The topological polar surface area (TPSA) is 117 Å². The third kappa shape index (κ3) is 3.57. The van der Waals surface area contributed by atoms with Crippen LogP contribution >= 0.6 is 0 Å². The SMILES string of the molecule is COc1cc(C(=O)N2CC3CC(C2)c2ccc(N([O-])O)c(=O)n2C3)cc(OC)c1OC. The summed E-state index contributed by atoms with van der Waals surface area (Å²) in [7, 11) is 4.49. The van der Waals surface area contributed by atoms with Gasteiger partial charge >= 0.3 is 0 Å². The lowest BCUT2D eigenvalue weighted by molar-refractivity contribution is 0.0593. The van der Waals surface area contributed by atoms with Crippen molar-refractivity contribution < 1.29 is 24.2 Å². The Hall–Kier alpha value is -3.24. The van der Waals surface area contributed by atoms with E-state index in [1.165, 1.54) is 32.0 Å². The lowest BCUT2D eigenvalue weighted by atomic mass is 9.83. The molecule has 2 atom stereocenters. The molecule has 10 nitrogen and oxygen atoms in total. The van der Waals surface area contributed by atoms with E-state index in [1.54, 1.807) is 23.1 Å². The van der Waals surface area contributed by atoms with Gasteiger partial charge in [-0.15, -0.1) is 0 Å². The number of amides is 1. The second kappa shape index (κ2) is 8.12. The first kappa shape index (κ1) is 21.0. The van der Waals surface area contributed by atoms with Crippen LogP contribution < -0.4 is 25.0 Å². The fourth-order valence-electron chi connectivity index (χ4n) is 4.63. The summed E-state index contributed by atoms with van der Waals surface area (Å²) in [4.78, 5) is 27.7. The molecule has 0 spiro atoms. The maximum atomic E-state index is 13.3. The van der Waals surface area contributed by atoms with E-state index in [-0.39, 0.29) is 23.4 Å². The summed E-state index contributed by atoms with van der Waals surface area (Å²) >= 11 is 0. The lowest BCUT2D eigenvalue weighted by Gasteiger charge is -2.43. The summed E-state index contributed by atoms with van der Waals surface area (Å²) in [5.41, 5.74) is 0.349. The molecule has 0 radical (unpaired) electrons. The van der Waals surface area contributed by atoms with Gasteiger partial charge in [0.1, 0.15) is 5.69 Å². The number of hydrogen-bond acceptors (Lipinski definition) is 8. The molecule has 3 heterocycles. The molecule has 0 aliphatic carbocycles. The molecule has 2 aliphatic heterocycles. The highest BCUT2D eigenvalue weighted by Gasteiger charge is 2.37. The van der Waals surface area contributed by atoms with Crippen LogP contribution in [0.1, 0.15) is 28.4 Å². The van der Waals surface area contributed by atoms with Gasteiger partial charge in [-0.2, -0.15) is 0 Å². The lowest BCUT2D eigenvalue weighted by Crippen LogP contribution is -2.49. The molecule has 1 fully saturated rings. The van der Waals surface area contributed by atoms with E-state index in [0.717, 1.165) is 12.1 Å². The van der Waals surface area contributed by atoms with Crippen LogP contribution in [0.2, 0.25) is 0 Å². The quantitative estimate of drug-likeness (QED) is 0.714. The van der Waals surface area contributed by atoms with E-state index in [0.29, 0.717) is 42.4 Å². The van der Waals surface area contributed by atoms with Crippen LogP contribution in [0.5, 0.6) is 17.2 Å². The Balaban J connectivity index is 1.64. The summed E-state index contributed by atoms with van der Waals surface area (Å²) < 4.78 is 17.6. The minimum Gasteiger partial charge on any atom is -0.733 e. The Morgan fingerprint density at radius 2 is 1.77 bits per heavy atom. The summed E-state index contributed by atoms with van der Waals surface area (Å²) in [5, 5.41) is 20.0. The number of benzene rings is 1. The number of hydrogen-bond donors (Lipinski definition) is 1. The first-order chi connectivity index (χ1) is 14.9. The Morgan fingerprint density at radius 3 is 2.35 bits per heavy atom. The highest BCUT2D eigenvalue weighted by atomic mass is 16.8. The molecule has 2 bridgehead atoms. The largest absolute Gasteiger partial charge is 0.733 e. The molecule has 2 aromatic rings. The van der Waals surface area contributed by atoms with Crippen LogP contribution in [0.25, 0.3) is 0 Å². The van der Waals surface area contributed by atoms with Crippen LogP contribution in [0, 0.1) is 11.1 Å². The van der Waals surface area contributed by atoms with E-state index in [1.807, 2.05) is 0 Å². The molecule has 1 N–H and O–H groups in total. The molecule has 2 unspecified atom stereocenters. The number of likely N-dealkylation sites (tertiary alicyclic amines) is 1. The molecule has 1 saturated heterocycles. The minimum absolute atomic E-state index is 0.0426. The first-order valence-corrected chi connectivity index (χ1v) is 9.87. The third-order valence-electron chi connectivity index (χ3n) is 5.99. The highest BCUT2D eigenvalue weighted by molar-refractivity contribution is 5.95. The van der Waals surface area contributed by atoms with Crippen molar-refractivity contribution in [2.24, 2.45) is 5.92 Å². The molecule has 1 amide bonds. The van der Waals surface area contributed by atoms with Gasteiger partial charge in [-0.1, -0.05) is 0 Å². The maximum absolute atomic E-state index is 13.3. The number of anilines is 1. The Morgan fingerprint density at radius 1 is 1.10 bits per heavy atom. The van der Waals surface area contributed by atoms with Crippen LogP contribution in [0.15, 0.2) is 29.1 Å². The van der Waals surface area contributed by atoms with Crippen molar-refractivity contribution in [2.45, 2.75) is 18.9 Å². The van der Waals surface area contributed by atoms with Crippen molar-refractivity contribution in [3.63, 3.8) is 0 Å². The predicted octanol–water partition coefficient (Wildman–Crippen LogP) is 1.83. The number of piperidine rings is 1. The van der Waals surface area contributed by atoms with Gasteiger partial charge in [-0.3, -0.25) is 14.8 Å². The van der Waals surface area contributed by atoms with Gasteiger partial charge in [0, 0.05) is 36.8 Å². The van der Waals surface area contributed by atoms with Gasteiger partial charge in [-0.05, 0) is 36.6 Å². The number of nitrogens with zero attached hydrogens (tertiary/aromatic N) is 3. The number of fused-ring (bicyclic) bond motifs is 4. The van der Waals surface area contributed by atoms with E-state index in [4.69, 9.17) is 19.4 Å². The summed E-state index contributed by atoms with van der Waals surface area (Å²) in [6, 6.07) is 6.25. The number of pyridine rings is 1. The highest BCUT2D eigenvalue weighted by Crippen LogP contribution is 2.40. The number of carbonyl (C=O) groups excluding carboxylic acids is 1. The number of carbonyl (C=O) groups is 1. The minimum atomic E-state index is -0.519. The Labute approximate surface area is 178 Å². The van der Waals surface area contributed by atoms with Crippen LogP contribution in [-0.2, 0) is 6.54 Å². The normalized spacial score (nSPS) is 19.5. The molecule has 1 aromatic heterocycles. The first-order valence-electron chi connectivity index (χ1n) is 9.87. The van der Waals surface area contributed by atoms with E-state index in [9.17, 15) is 14.8 Å². The van der Waals surface area contributed by atoms with Crippen molar-refractivity contribution >= 4 is 11.6 Å². The zero-order valence-electron chi connectivity index (χ0n) is 17.5. The van der Waals surface area contributed by atoms with Crippen LogP contribution in [0.3, 0.4) is 0 Å². The molecule has 0 saturated carbocycles. The molecule has 4 rings (SSSR count). The summed E-state index contributed by atoms with van der Waals surface area (Å²) in [5.74, 6) is 1.07. The number of aromatic nitrogens is 1. The summed E-state index contributed by atoms with van der Waals surface area (Å²) in [6.07, 6.45) is 0.845. The van der Waals surface area contributed by atoms with Crippen molar-refractivity contribution in [1.82, 2.24) is 9.47 Å². The standard InChI is InChI=1S/C21H24N3O7/c1-29-17-7-13(8-18(30-2)19(17)31-3)20(25)22-9-12-6-14(11-22)15-4-5-16(24(27)28)21(26)23(15)10-12/h4-5,7-8,12,14,27H,6,9-11H2,1-3H3/q-1. The Kier molecular flexibility index (Phi) is 5.50. The average Bonchev–Trinajstić information content (AvgIpc) is 2.77. The van der Waals surface area contributed by atoms with Crippen molar-refractivity contribution in [2.75, 3.05) is 39.6 Å². The van der Waals surface area contributed by atoms with Gasteiger partial charge in [-0.25, -0.2) is 0 Å². The fraction of sp³-hybridized carbons (Fsp3) is 0.429. The van der Waals surface area contributed by atoms with Gasteiger partial charge in [0.05, 0.1) is 21.3 Å². The number of rotatable bonds is 5. The molecular weight excluding hydrogens is 406 g/mol. The fourth-order valence-corrected chi connectivity index (χ4v) is 4.63. The molecule has 166 valence electrons. The second-order valence-corrected chi connectivity index (χ2v) is 7.75. The second-order valence-electron chi connectivity index (χ2n) is 7.75. The molecule has 31 heavy (non-hydrogen) atoms. The van der Waals surface area contributed by atoms with Crippen molar-refractivity contribution in [3.05, 3.63) is 51.1 Å². The number of ether oxygens (including phenoxy) is 3. The van der Waals surface area contributed by atoms with E-state index < -0.39 is 10.8 Å². The molecular formula is C21H24N3O7-. The maximum Gasteiger partial charge on any atom is 0.275 e. The van der Waals surface area contributed by atoms with E-state index in [2.05, 4.69) is 0 Å². The molecule has 2 aliphatic rings. The average molecular weight is 430 g/mol. The van der Waals surface area contributed by atoms with Gasteiger partial charge in [0.2, 0.25) is 5.75 Å². The van der Waals surface area contributed by atoms with Crippen LogP contribution in [0.4, 0.5) is 5.69 Å². The van der Waals surface area contributed by atoms with Crippen LogP contribution in [-0.4, -0.2) is 55.0 Å². The molecule has 10 heteroatoms. The van der Waals surface area contributed by atoms with Gasteiger partial charge in [0.25, 0.3) is 11.5 Å². The third-order valence-corrected chi connectivity index (χ3v) is 5.99. The molecule has 1 aromatic carbocycles. The van der Waals surface area contributed by atoms with Crippen molar-refractivity contribution in [1.29, 1.82) is 0 Å². The van der Waals surface area contributed by atoms with E-state index >= 15 is 0 Å². The zero-order valence-corrected chi connectivity index (χ0v) is 17.5. The zero-order chi connectivity index (χ0) is 22.3. The monoisotopic (exact) mass is 430 g/mol.